The third kappa shape index (κ3) is 8.09. The number of rotatable bonds is 18. The molecule has 0 N–H and O–H groups in total. The Morgan fingerprint density at radius 1 is 0.557 bits per heavy atom. The molecule has 0 bridgehead atoms. The van der Waals surface area contributed by atoms with Crippen LogP contribution in [0, 0.1) is 13.8 Å². The van der Waals surface area contributed by atoms with Gasteiger partial charge >= 0.3 is 6.03 Å². The number of hydrogen-bond acceptors (Lipinski definition) is 6. The minimum atomic E-state index is -1.05. The number of hydrogen-bond donors (Lipinski definition) is 0. The standard InChI is InChI=1S/C49H60N10O2/c1-37-27-41(39(9-5-19-54-23-15-50-33-54)10-6-20-55-24-16-51-34-55)29-43-31-58-45-13-3-4-14-46(45)59-32-44-30-42(28-38(2)48(44)61-49(58,59)60-47(37)43)40(11-7-21-56-25-17-52-35-56)12-8-22-57-26-18-53-36-57/h15-18,23-36,39-40,45-46H,3-14,19-22H2,1-2H3/q+2. The average molecular weight is 821 g/mol. The van der Waals surface area contributed by atoms with Crippen LogP contribution >= 0.6 is 0 Å². The molecule has 3 aliphatic heterocycles. The van der Waals surface area contributed by atoms with Crippen molar-refractivity contribution >= 4 is 12.4 Å². The second-order valence-electron chi connectivity index (χ2n) is 17.9. The van der Waals surface area contributed by atoms with E-state index in [4.69, 9.17) is 9.47 Å². The van der Waals surface area contributed by atoms with E-state index in [0.29, 0.717) is 23.9 Å². The van der Waals surface area contributed by atoms with Gasteiger partial charge < -0.3 is 27.7 Å². The molecule has 0 amide bonds. The zero-order valence-corrected chi connectivity index (χ0v) is 35.8. The summed E-state index contributed by atoms with van der Waals surface area (Å²) in [6.45, 7) is 8.34. The Hall–Kier alpha value is -5.78. The minimum absolute atomic E-state index is 0.302. The number of benzene rings is 2. The van der Waals surface area contributed by atoms with E-state index in [1.807, 2.05) is 50.1 Å². The SMILES string of the molecule is Cc1cc(C(CCCn2ccnc2)CCCn2ccnc2)cc2c1OC13Oc4c(C)cc(C(CCCn5ccnc5)CCCn5ccnc5)cc4C=[N+]1C1CCCCC1[N+]3=C2. The lowest BCUT2D eigenvalue weighted by Gasteiger charge is -2.30. The van der Waals surface area contributed by atoms with Crippen molar-refractivity contribution in [3.63, 3.8) is 0 Å². The van der Waals surface area contributed by atoms with E-state index in [2.05, 4.69) is 123 Å². The molecule has 4 aromatic heterocycles. The van der Waals surface area contributed by atoms with Crippen LogP contribution in [0.4, 0.5) is 0 Å². The molecular weight excluding hydrogens is 761 g/mol. The molecule has 6 aromatic rings. The number of aromatic nitrogens is 8. The first kappa shape index (κ1) is 39.4. The Labute approximate surface area is 359 Å². The van der Waals surface area contributed by atoms with E-state index in [1.165, 1.54) is 24.0 Å². The average Bonchev–Trinajstić information content (AvgIpc) is 4.14. The van der Waals surface area contributed by atoms with E-state index in [9.17, 15) is 0 Å². The maximum Gasteiger partial charge on any atom is 0.704 e. The molecule has 1 spiro atoms. The zero-order valence-electron chi connectivity index (χ0n) is 35.8. The van der Waals surface area contributed by atoms with E-state index >= 15 is 0 Å². The largest absolute Gasteiger partial charge is 0.704 e. The number of fused-ring (bicyclic) bond motifs is 5. The van der Waals surface area contributed by atoms with Crippen LogP contribution in [0.15, 0.2) is 99.1 Å². The summed E-state index contributed by atoms with van der Waals surface area (Å²) in [5, 5.41) is 0. The number of ether oxygens (including phenoxy) is 2. The number of aryl methyl sites for hydroxylation is 6. The molecule has 316 valence electrons. The van der Waals surface area contributed by atoms with Crippen molar-refractivity contribution < 1.29 is 18.6 Å². The monoisotopic (exact) mass is 820 g/mol. The molecule has 2 aromatic carbocycles. The topological polar surface area (TPSA) is 95.8 Å². The van der Waals surface area contributed by atoms with Gasteiger partial charge in [0.15, 0.2) is 23.9 Å². The molecule has 2 fully saturated rings. The van der Waals surface area contributed by atoms with Gasteiger partial charge in [-0.05, 0) is 124 Å². The zero-order chi connectivity index (χ0) is 41.2. The van der Waals surface area contributed by atoms with E-state index in [-0.39, 0.29) is 0 Å². The molecular formula is C49H60N10O2+2. The summed E-state index contributed by atoms with van der Waals surface area (Å²) in [5.74, 6) is 2.73. The number of imidazole rings is 4. The molecule has 4 aliphatic rings. The second kappa shape index (κ2) is 17.3. The summed E-state index contributed by atoms with van der Waals surface area (Å²) in [5.41, 5.74) is 7.45. The molecule has 2 unspecified atom stereocenters. The first-order valence-electron chi connectivity index (χ1n) is 22.8. The quantitative estimate of drug-likeness (QED) is 0.0809. The van der Waals surface area contributed by atoms with Gasteiger partial charge in [0.1, 0.15) is 0 Å². The Balaban J connectivity index is 0.948. The van der Waals surface area contributed by atoms with Gasteiger partial charge in [-0.25, -0.2) is 19.9 Å². The molecule has 1 aliphatic carbocycles. The smallest absolute Gasteiger partial charge is 0.340 e. The number of nitrogens with zero attached hydrogens (tertiary/aromatic N) is 10. The fraction of sp³-hybridized carbons (Fsp3) is 0.469. The van der Waals surface area contributed by atoms with Crippen molar-refractivity contribution in [3.8, 4) is 11.5 Å². The molecule has 1 saturated carbocycles. The van der Waals surface area contributed by atoms with Crippen LogP contribution in [0.5, 0.6) is 11.5 Å². The highest BCUT2D eigenvalue weighted by molar-refractivity contribution is 5.84. The van der Waals surface area contributed by atoms with E-state index in [0.717, 1.165) is 124 Å². The minimum Gasteiger partial charge on any atom is -0.340 e. The predicted octanol–water partition coefficient (Wildman–Crippen LogP) is 8.46. The molecule has 2 atom stereocenters. The summed E-state index contributed by atoms with van der Waals surface area (Å²) >= 11 is 0. The fourth-order valence-corrected chi connectivity index (χ4v) is 10.8. The Morgan fingerprint density at radius 2 is 0.918 bits per heavy atom. The molecule has 61 heavy (non-hydrogen) atoms. The van der Waals surface area contributed by atoms with Crippen molar-refractivity contribution in [2.45, 2.75) is 147 Å². The first-order chi connectivity index (χ1) is 30.0. The lowest BCUT2D eigenvalue weighted by atomic mass is 9.87. The van der Waals surface area contributed by atoms with E-state index in [1.54, 1.807) is 0 Å². The van der Waals surface area contributed by atoms with Gasteiger partial charge in [0.25, 0.3) is 0 Å². The predicted molar refractivity (Wildman–Crippen MR) is 235 cm³/mol. The maximum absolute atomic E-state index is 7.36. The Bertz CT molecular complexity index is 2200. The van der Waals surface area contributed by atoms with Crippen LogP contribution in [-0.2, 0) is 26.2 Å². The molecule has 12 heteroatoms. The highest BCUT2D eigenvalue weighted by atomic mass is 16.7. The van der Waals surface area contributed by atoms with Gasteiger partial charge in [-0.1, -0.05) is 21.3 Å². The molecule has 0 radical (unpaired) electrons. The molecule has 10 rings (SSSR count). The summed E-state index contributed by atoms with van der Waals surface area (Å²) in [7, 11) is 0. The lowest BCUT2D eigenvalue weighted by Crippen LogP contribution is -2.60. The summed E-state index contributed by atoms with van der Waals surface area (Å²) in [4.78, 5) is 17.1. The summed E-state index contributed by atoms with van der Waals surface area (Å²) in [6, 6.07) is 9.18. The normalized spacial score (nSPS) is 20.0. The Kier molecular flexibility index (Phi) is 11.2. The summed E-state index contributed by atoms with van der Waals surface area (Å²) < 4.78 is 28.4. The van der Waals surface area contributed by atoms with Gasteiger partial charge in [-0.3, -0.25) is 0 Å². The van der Waals surface area contributed by atoms with Gasteiger partial charge in [-0.2, -0.15) is 0 Å². The van der Waals surface area contributed by atoms with Gasteiger partial charge in [0, 0.05) is 88.6 Å². The Morgan fingerprint density at radius 3 is 1.25 bits per heavy atom. The van der Waals surface area contributed by atoms with Gasteiger partial charge in [-0.15, -0.1) is 0 Å². The van der Waals surface area contributed by atoms with Crippen LogP contribution in [-0.4, -0.2) is 77.9 Å². The highest BCUT2D eigenvalue weighted by Gasteiger charge is 2.76. The van der Waals surface area contributed by atoms with Gasteiger partial charge in [0.05, 0.1) is 36.4 Å². The second-order valence-corrected chi connectivity index (χ2v) is 17.9. The van der Waals surface area contributed by atoms with Gasteiger partial charge in [0.2, 0.25) is 12.1 Å². The van der Waals surface area contributed by atoms with Crippen molar-refractivity contribution in [3.05, 3.63) is 133 Å². The van der Waals surface area contributed by atoms with Crippen LogP contribution in [0.25, 0.3) is 0 Å². The molecule has 1 saturated heterocycles. The van der Waals surface area contributed by atoms with Crippen molar-refractivity contribution in [1.29, 1.82) is 0 Å². The molecule has 7 heterocycles. The van der Waals surface area contributed by atoms with Crippen LogP contribution in [0.3, 0.4) is 0 Å². The maximum atomic E-state index is 7.36. The van der Waals surface area contributed by atoms with Crippen LogP contribution in [0.1, 0.15) is 122 Å². The fourth-order valence-electron chi connectivity index (χ4n) is 10.8. The van der Waals surface area contributed by atoms with Crippen molar-refractivity contribution in [2.24, 2.45) is 0 Å². The molecule has 12 nitrogen and oxygen atoms in total. The van der Waals surface area contributed by atoms with Crippen molar-refractivity contribution in [2.75, 3.05) is 0 Å². The lowest BCUT2D eigenvalue weighted by molar-refractivity contribution is -0.866. The first-order valence-corrected chi connectivity index (χ1v) is 22.8. The van der Waals surface area contributed by atoms with Crippen LogP contribution < -0.4 is 9.47 Å². The van der Waals surface area contributed by atoms with Crippen LogP contribution in [0.2, 0.25) is 0 Å². The highest BCUT2D eigenvalue weighted by Crippen LogP contribution is 2.47. The summed E-state index contributed by atoms with van der Waals surface area (Å²) in [6.07, 6.45) is 41.7. The van der Waals surface area contributed by atoms with Crippen molar-refractivity contribution in [1.82, 2.24) is 38.2 Å². The third-order valence-electron chi connectivity index (χ3n) is 13.8. The van der Waals surface area contributed by atoms with E-state index < -0.39 is 6.03 Å². The third-order valence-corrected chi connectivity index (χ3v) is 13.8.